The van der Waals surface area contributed by atoms with Crippen LogP contribution in [0.1, 0.15) is 33.9 Å². The number of carbonyl (C=O) groups excluding carboxylic acids is 1. The van der Waals surface area contributed by atoms with E-state index in [2.05, 4.69) is 15.1 Å². The van der Waals surface area contributed by atoms with E-state index in [1.165, 1.54) is 12.3 Å². The molecule has 0 saturated carbocycles. The average molecular weight is 372 g/mol. The zero-order chi connectivity index (χ0) is 18.9. The molecule has 2 aliphatic rings. The van der Waals surface area contributed by atoms with E-state index in [-0.39, 0.29) is 17.2 Å². The van der Waals surface area contributed by atoms with E-state index in [1.54, 1.807) is 23.1 Å². The maximum absolute atomic E-state index is 12.6. The summed E-state index contributed by atoms with van der Waals surface area (Å²) in [4.78, 5) is 27.3. The number of nitrogens with zero attached hydrogens (tertiary/aromatic N) is 4. The van der Waals surface area contributed by atoms with Gasteiger partial charge in [-0.25, -0.2) is 4.79 Å². The van der Waals surface area contributed by atoms with Crippen molar-refractivity contribution in [2.24, 2.45) is 0 Å². The molecule has 1 spiro atoms. The highest BCUT2D eigenvalue weighted by atomic mass is 16.5. The first-order valence-electron chi connectivity index (χ1n) is 8.85. The van der Waals surface area contributed by atoms with Crippen molar-refractivity contribution >= 4 is 17.7 Å². The summed E-state index contributed by atoms with van der Waals surface area (Å²) in [6, 6.07) is 6.50. The van der Waals surface area contributed by atoms with Gasteiger partial charge in [-0.3, -0.25) is 4.79 Å². The van der Waals surface area contributed by atoms with Crippen molar-refractivity contribution in [2.75, 3.05) is 37.7 Å². The molecule has 1 amide bonds. The summed E-state index contributed by atoms with van der Waals surface area (Å²) in [6.07, 6.45) is 2.99. The Balaban J connectivity index is 1.40. The molecule has 0 atom stereocenters. The van der Waals surface area contributed by atoms with Crippen molar-refractivity contribution in [2.45, 2.75) is 18.4 Å². The minimum absolute atomic E-state index is 0.0741. The van der Waals surface area contributed by atoms with Gasteiger partial charge in [0.2, 0.25) is 0 Å². The Hall–Kier alpha value is -2.94. The maximum Gasteiger partial charge on any atom is 0.356 e. The molecule has 2 fully saturated rings. The van der Waals surface area contributed by atoms with Gasteiger partial charge in [-0.2, -0.15) is 0 Å². The number of furan rings is 1. The molecular weight excluding hydrogens is 352 g/mol. The van der Waals surface area contributed by atoms with Crippen molar-refractivity contribution in [3.63, 3.8) is 0 Å². The van der Waals surface area contributed by atoms with E-state index in [4.69, 9.17) is 14.3 Å². The molecule has 142 valence electrons. The first-order valence-corrected chi connectivity index (χ1v) is 8.85. The second kappa shape index (κ2) is 6.99. The van der Waals surface area contributed by atoms with Crippen molar-refractivity contribution in [1.82, 2.24) is 15.1 Å². The van der Waals surface area contributed by atoms with E-state index in [0.717, 1.165) is 12.8 Å². The summed E-state index contributed by atoms with van der Waals surface area (Å²) in [5.74, 6) is -0.212. The molecule has 9 nitrogen and oxygen atoms in total. The third kappa shape index (κ3) is 3.50. The lowest BCUT2D eigenvalue weighted by Crippen LogP contribution is -2.58. The van der Waals surface area contributed by atoms with Crippen LogP contribution in [0, 0.1) is 0 Å². The Labute approximate surface area is 155 Å². The van der Waals surface area contributed by atoms with Crippen LogP contribution in [0.5, 0.6) is 0 Å². The molecule has 2 aliphatic heterocycles. The summed E-state index contributed by atoms with van der Waals surface area (Å²) < 4.78 is 11.3. The normalized spacial score (nSPS) is 19.3. The molecule has 0 radical (unpaired) electrons. The van der Waals surface area contributed by atoms with Gasteiger partial charge in [-0.1, -0.05) is 0 Å². The van der Waals surface area contributed by atoms with Gasteiger partial charge < -0.3 is 24.1 Å². The molecule has 27 heavy (non-hydrogen) atoms. The third-order valence-corrected chi connectivity index (χ3v) is 5.14. The summed E-state index contributed by atoms with van der Waals surface area (Å²) in [5, 5.41) is 16.7. The highest BCUT2D eigenvalue weighted by Gasteiger charge is 2.41. The number of ether oxygens (including phenoxy) is 1. The van der Waals surface area contributed by atoms with Crippen molar-refractivity contribution in [3.8, 4) is 0 Å². The van der Waals surface area contributed by atoms with Crippen molar-refractivity contribution in [3.05, 3.63) is 42.0 Å². The number of hydrogen-bond donors (Lipinski definition) is 1. The number of carboxylic acids is 1. The van der Waals surface area contributed by atoms with E-state index in [0.29, 0.717) is 44.4 Å². The van der Waals surface area contributed by atoms with Crippen LogP contribution in [-0.4, -0.2) is 70.5 Å². The molecule has 0 unspecified atom stereocenters. The second-order valence-corrected chi connectivity index (χ2v) is 6.80. The molecule has 0 aromatic carbocycles. The highest BCUT2D eigenvalue weighted by molar-refractivity contribution is 5.91. The number of carbonyl (C=O) groups is 2. The van der Waals surface area contributed by atoms with E-state index in [1.807, 2.05) is 0 Å². The van der Waals surface area contributed by atoms with Crippen LogP contribution in [0.15, 0.2) is 34.9 Å². The standard InChI is InChI=1S/C18H20N4O5/c23-16(14-2-1-10-26-14)22-9-11-27-18(12-22)5-7-21(8-6-18)15-4-3-13(17(24)25)19-20-15/h1-4,10H,5-9,11-12H2,(H,24,25). The molecule has 4 heterocycles. The number of morpholine rings is 1. The monoisotopic (exact) mass is 372 g/mol. The summed E-state index contributed by atoms with van der Waals surface area (Å²) in [5.41, 5.74) is -0.444. The van der Waals surface area contributed by atoms with E-state index >= 15 is 0 Å². The number of piperidine rings is 1. The first-order chi connectivity index (χ1) is 13.1. The Kier molecular flexibility index (Phi) is 4.53. The van der Waals surface area contributed by atoms with Gasteiger partial charge in [-0.05, 0) is 37.1 Å². The van der Waals surface area contributed by atoms with Gasteiger partial charge in [0.1, 0.15) is 0 Å². The predicted octanol–water partition coefficient (Wildman–Crippen LogP) is 1.28. The van der Waals surface area contributed by atoms with Gasteiger partial charge in [0, 0.05) is 19.6 Å². The number of rotatable bonds is 3. The van der Waals surface area contributed by atoms with Crippen molar-refractivity contribution in [1.29, 1.82) is 0 Å². The predicted molar refractivity (Wildman–Crippen MR) is 93.7 cm³/mol. The fourth-order valence-electron chi connectivity index (χ4n) is 3.63. The zero-order valence-corrected chi connectivity index (χ0v) is 14.7. The highest BCUT2D eigenvalue weighted by Crippen LogP contribution is 2.32. The SMILES string of the molecule is O=C(O)c1ccc(N2CCC3(CC2)CN(C(=O)c2ccco2)CCO3)nn1. The maximum atomic E-state index is 12.6. The minimum Gasteiger partial charge on any atom is -0.476 e. The number of aromatic carboxylic acids is 1. The number of aromatic nitrogens is 2. The van der Waals surface area contributed by atoms with Crippen molar-refractivity contribution < 1.29 is 23.8 Å². The molecule has 2 saturated heterocycles. The van der Waals surface area contributed by atoms with Gasteiger partial charge in [0.15, 0.2) is 17.3 Å². The smallest absolute Gasteiger partial charge is 0.356 e. The largest absolute Gasteiger partial charge is 0.476 e. The molecule has 0 aliphatic carbocycles. The van der Waals surface area contributed by atoms with Crippen LogP contribution in [0.4, 0.5) is 5.82 Å². The van der Waals surface area contributed by atoms with Crippen LogP contribution in [-0.2, 0) is 4.74 Å². The quantitative estimate of drug-likeness (QED) is 0.858. The van der Waals surface area contributed by atoms with Crippen LogP contribution in [0.3, 0.4) is 0 Å². The summed E-state index contributed by atoms with van der Waals surface area (Å²) in [6.45, 7) is 2.98. The molecular formula is C18H20N4O5. The number of amides is 1. The lowest BCUT2D eigenvalue weighted by molar-refractivity contribution is -0.112. The molecule has 1 N–H and O–H groups in total. The molecule has 9 heteroatoms. The van der Waals surface area contributed by atoms with Gasteiger partial charge >= 0.3 is 5.97 Å². The Morgan fingerprint density at radius 2 is 1.93 bits per heavy atom. The lowest BCUT2D eigenvalue weighted by atomic mass is 9.89. The number of hydrogen-bond acceptors (Lipinski definition) is 7. The van der Waals surface area contributed by atoms with Gasteiger partial charge in [0.05, 0.1) is 25.0 Å². The summed E-state index contributed by atoms with van der Waals surface area (Å²) >= 11 is 0. The Bertz CT molecular complexity index is 813. The van der Waals surface area contributed by atoms with Crippen LogP contribution in [0.2, 0.25) is 0 Å². The zero-order valence-electron chi connectivity index (χ0n) is 14.7. The van der Waals surface area contributed by atoms with Crippen LogP contribution in [0.25, 0.3) is 0 Å². The fraction of sp³-hybridized carbons (Fsp3) is 0.444. The fourth-order valence-corrected chi connectivity index (χ4v) is 3.63. The molecule has 2 aromatic rings. The van der Waals surface area contributed by atoms with E-state index < -0.39 is 5.97 Å². The van der Waals surface area contributed by atoms with Gasteiger partial charge in [0.25, 0.3) is 5.91 Å². The van der Waals surface area contributed by atoms with Crippen LogP contribution < -0.4 is 4.90 Å². The van der Waals surface area contributed by atoms with Gasteiger partial charge in [-0.15, -0.1) is 10.2 Å². The second-order valence-electron chi connectivity index (χ2n) is 6.80. The lowest BCUT2D eigenvalue weighted by Gasteiger charge is -2.47. The third-order valence-electron chi connectivity index (χ3n) is 5.14. The Morgan fingerprint density at radius 3 is 2.56 bits per heavy atom. The molecule has 4 rings (SSSR count). The number of carboxylic acid groups (broad SMARTS) is 1. The first kappa shape index (κ1) is 17.5. The average Bonchev–Trinajstić information content (AvgIpc) is 3.23. The molecule has 2 aromatic heterocycles. The summed E-state index contributed by atoms with van der Waals surface area (Å²) in [7, 11) is 0. The van der Waals surface area contributed by atoms with E-state index in [9.17, 15) is 9.59 Å². The molecule has 0 bridgehead atoms. The minimum atomic E-state index is -1.09. The number of anilines is 1. The van der Waals surface area contributed by atoms with Crippen LogP contribution >= 0.6 is 0 Å². The Morgan fingerprint density at radius 1 is 1.11 bits per heavy atom. The topological polar surface area (TPSA) is 109 Å².